The summed E-state index contributed by atoms with van der Waals surface area (Å²) in [7, 11) is 0. The maximum Gasteiger partial charge on any atom is 0.238 e. The number of nitrogens with one attached hydrogen (secondary N) is 1. The minimum atomic E-state index is -0.0768. The molecule has 1 fully saturated rings. The number of pyridine rings is 1. The molecule has 0 spiro atoms. The third-order valence-corrected chi connectivity index (χ3v) is 4.13. The summed E-state index contributed by atoms with van der Waals surface area (Å²) in [5.74, 6) is -0.0768. The zero-order valence-corrected chi connectivity index (χ0v) is 12.4. The fourth-order valence-corrected chi connectivity index (χ4v) is 2.88. The van der Waals surface area contributed by atoms with E-state index in [9.17, 15) is 4.79 Å². The van der Waals surface area contributed by atoms with Crippen LogP contribution in [0.4, 0.5) is 5.69 Å². The molecular weight excluding hydrogens is 276 g/mol. The summed E-state index contributed by atoms with van der Waals surface area (Å²) in [4.78, 5) is 18.3. The Kier molecular flexibility index (Phi) is 5.34. The number of hydrogen-bond acceptors (Lipinski definition) is 4. The van der Waals surface area contributed by atoms with Crippen LogP contribution in [0.3, 0.4) is 0 Å². The van der Waals surface area contributed by atoms with Gasteiger partial charge >= 0.3 is 0 Å². The van der Waals surface area contributed by atoms with Crippen LogP contribution in [0.15, 0.2) is 18.3 Å². The van der Waals surface area contributed by atoms with Crippen molar-refractivity contribution in [2.45, 2.75) is 38.3 Å². The average Bonchev–Trinajstić information content (AvgIpc) is 2.43. The first-order valence-electron chi connectivity index (χ1n) is 6.98. The summed E-state index contributed by atoms with van der Waals surface area (Å²) in [5, 5.41) is 3.12. The minimum absolute atomic E-state index is 0.0768. The van der Waals surface area contributed by atoms with E-state index in [2.05, 4.69) is 22.1 Å². The molecule has 3 N–H and O–H groups in total. The lowest BCUT2D eigenvalue weighted by atomic mass is 9.96. The molecule has 1 aliphatic heterocycles. The number of aromatic nitrogens is 1. The molecule has 1 amide bonds. The molecule has 2 heterocycles. The predicted octanol–water partition coefficient (Wildman–Crippen LogP) is 1.88. The van der Waals surface area contributed by atoms with E-state index in [1.807, 2.05) is 0 Å². The highest BCUT2D eigenvalue weighted by molar-refractivity contribution is 6.32. The van der Waals surface area contributed by atoms with Gasteiger partial charge in [-0.05, 0) is 31.9 Å². The lowest BCUT2D eigenvalue weighted by molar-refractivity contribution is -0.118. The summed E-state index contributed by atoms with van der Waals surface area (Å²) < 4.78 is 0. The van der Waals surface area contributed by atoms with Gasteiger partial charge in [0.25, 0.3) is 0 Å². The summed E-state index contributed by atoms with van der Waals surface area (Å²) in [6.45, 7) is 3.08. The van der Waals surface area contributed by atoms with Crippen molar-refractivity contribution in [3.63, 3.8) is 0 Å². The molecule has 2 atom stereocenters. The molecule has 2 unspecified atom stereocenters. The van der Waals surface area contributed by atoms with Crippen LogP contribution in [0.25, 0.3) is 0 Å². The SMILES string of the molecule is CC1CCCC(CN)N1CC(=O)Nc1cccnc1Cl. The Bertz CT molecular complexity index is 468. The second-order valence-corrected chi connectivity index (χ2v) is 5.59. The first kappa shape index (κ1) is 15.2. The molecular formula is C14H21ClN4O. The topological polar surface area (TPSA) is 71.2 Å². The van der Waals surface area contributed by atoms with Gasteiger partial charge in [-0.3, -0.25) is 9.69 Å². The minimum Gasteiger partial charge on any atom is -0.329 e. The monoisotopic (exact) mass is 296 g/mol. The van der Waals surface area contributed by atoms with Crippen molar-refractivity contribution in [3.8, 4) is 0 Å². The molecule has 1 aromatic heterocycles. The largest absolute Gasteiger partial charge is 0.329 e. The highest BCUT2D eigenvalue weighted by atomic mass is 35.5. The lowest BCUT2D eigenvalue weighted by Gasteiger charge is -2.39. The number of rotatable bonds is 4. The van der Waals surface area contributed by atoms with Crippen molar-refractivity contribution in [1.82, 2.24) is 9.88 Å². The molecule has 0 aromatic carbocycles. The van der Waals surface area contributed by atoms with Gasteiger partial charge in [0.05, 0.1) is 12.2 Å². The third-order valence-electron chi connectivity index (χ3n) is 3.83. The van der Waals surface area contributed by atoms with Gasteiger partial charge in [0.15, 0.2) is 5.15 Å². The lowest BCUT2D eigenvalue weighted by Crippen LogP contribution is -2.51. The zero-order valence-electron chi connectivity index (χ0n) is 11.7. The van der Waals surface area contributed by atoms with Crippen LogP contribution in [0, 0.1) is 0 Å². The number of piperidine rings is 1. The van der Waals surface area contributed by atoms with Gasteiger partial charge in [-0.15, -0.1) is 0 Å². The Morgan fingerprint density at radius 3 is 3.10 bits per heavy atom. The van der Waals surface area contributed by atoms with Crippen molar-refractivity contribution in [2.75, 3.05) is 18.4 Å². The molecule has 5 nitrogen and oxygen atoms in total. The Morgan fingerprint density at radius 2 is 2.40 bits per heavy atom. The summed E-state index contributed by atoms with van der Waals surface area (Å²) in [6.07, 6.45) is 4.93. The van der Waals surface area contributed by atoms with E-state index in [4.69, 9.17) is 17.3 Å². The van der Waals surface area contributed by atoms with Crippen LogP contribution in [-0.4, -0.2) is 41.0 Å². The second kappa shape index (κ2) is 7.02. The fraction of sp³-hybridized carbons (Fsp3) is 0.571. The molecule has 2 rings (SSSR count). The molecule has 20 heavy (non-hydrogen) atoms. The van der Waals surface area contributed by atoms with Gasteiger partial charge in [-0.2, -0.15) is 0 Å². The van der Waals surface area contributed by atoms with Crippen LogP contribution in [0.5, 0.6) is 0 Å². The highest BCUT2D eigenvalue weighted by Crippen LogP contribution is 2.22. The number of nitrogens with two attached hydrogens (primary N) is 1. The fourth-order valence-electron chi connectivity index (χ4n) is 2.71. The Morgan fingerprint density at radius 1 is 1.60 bits per heavy atom. The average molecular weight is 297 g/mol. The second-order valence-electron chi connectivity index (χ2n) is 5.23. The molecule has 0 bridgehead atoms. The molecule has 0 aliphatic carbocycles. The summed E-state index contributed by atoms with van der Waals surface area (Å²) >= 11 is 5.94. The third kappa shape index (κ3) is 3.69. The molecule has 1 saturated heterocycles. The van der Waals surface area contributed by atoms with Gasteiger partial charge < -0.3 is 11.1 Å². The van der Waals surface area contributed by atoms with Crippen LogP contribution in [0.2, 0.25) is 5.15 Å². The van der Waals surface area contributed by atoms with Crippen molar-refractivity contribution < 1.29 is 4.79 Å². The van der Waals surface area contributed by atoms with E-state index in [0.717, 1.165) is 12.8 Å². The van der Waals surface area contributed by atoms with Gasteiger partial charge in [-0.1, -0.05) is 18.0 Å². The number of anilines is 1. The normalized spacial score (nSPS) is 23.6. The number of likely N-dealkylation sites (tertiary alicyclic amines) is 1. The van der Waals surface area contributed by atoms with Crippen molar-refractivity contribution in [1.29, 1.82) is 0 Å². The smallest absolute Gasteiger partial charge is 0.238 e. The number of amides is 1. The summed E-state index contributed by atoms with van der Waals surface area (Å²) in [5.41, 5.74) is 6.35. The van der Waals surface area contributed by atoms with Crippen molar-refractivity contribution in [2.24, 2.45) is 5.73 Å². The Labute approximate surface area is 124 Å². The van der Waals surface area contributed by atoms with E-state index < -0.39 is 0 Å². The zero-order chi connectivity index (χ0) is 14.5. The van der Waals surface area contributed by atoms with Crippen molar-refractivity contribution >= 4 is 23.2 Å². The number of nitrogens with zero attached hydrogens (tertiary/aromatic N) is 2. The standard InChI is InChI=1S/C14H21ClN4O/c1-10-4-2-5-11(8-16)19(10)9-13(20)18-12-6-3-7-17-14(12)15/h3,6-7,10-11H,2,4-5,8-9,16H2,1H3,(H,18,20). The maximum atomic E-state index is 12.2. The van der Waals surface area contributed by atoms with Gasteiger partial charge in [-0.25, -0.2) is 4.98 Å². The number of hydrogen-bond donors (Lipinski definition) is 2. The van der Waals surface area contributed by atoms with Gasteiger partial charge in [0.1, 0.15) is 0 Å². The van der Waals surface area contributed by atoms with E-state index in [0.29, 0.717) is 30.0 Å². The van der Waals surface area contributed by atoms with E-state index >= 15 is 0 Å². The molecule has 1 aliphatic rings. The van der Waals surface area contributed by atoms with Gasteiger partial charge in [0, 0.05) is 24.8 Å². The summed E-state index contributed by atoms with van der Waals surface area (Å²) in [6, 6.07) is 4.15. The molecule has 1 aromatic rings. The van der Waals surface area contributed by atoms with Crippen LogP contribution in [-0.2, 0) is 4.79 Å². The van der Waals surface area contributed by atoms with Crippen LogP contribution in [0.1, 0.15) is 26.2 Å². The molecule has 0 saturated carbocycles. The molecule has 0 radical (unpaired) electrons. The first-order chi connectivity index (χ1) is 9.61. The van der Waals surface area contributed by atoms with E-state index in [1.54, 1.807) is 18.3 Å². The highest BCUT2D eigenvalue weighted by Gasteiger charge is 2.28. The Balaban J connectivity index is 1.98. The Hall–Kier alpha value is -1.17. The maximum absolute atomic E-state index is 12.2. The molecule has 110 valence electrons. The number of halogens is 1. The molecule has 6 heteroatoms. The van der Waals surface area contributed by atoms with Crippen LogP contribution < -0.4 is 11.1 Å². The van der Waals surface area contributed by atoms with E-state index in [-0.39, 0.29) is 11.9 Å². The van der Waals surface area contributed by atoms with E-state index in [1.165, 1.54) is 6.42 Å². The number of carbonyl (C=O) groups excluding carboxylic acids is 1. The van der Waals surface area contributed by atoms with Crippen molar-refractivity contribution in [3.05, 3.63) is 23.5 Å². The number of carbonyl (C=O) groups is 1. The first-order valence-corrected chi connectivity index (χ1v) is 7.35. The van der Waals surface area contributed by atoms with Gasteiger partial charge in [0.2, 0.25) is 5.91 Å². The van der Waals surface area contributed by atoms with Crippen LogP contribution >= 0.6 is 11.6 Å². The quantitative estimate of drug-likeness (QED) is 0.832. The predicted molar refractivity (Wildman–Crippen MR) is 80.7 cm³/mol.